The number of benzene rings is 2. The number of hydrogen-bond acceptors (Lipinski definition) is 0. The first kappa shape index (κ1) is 16.1. The van der Waals surface area contributed by atoms with E-state index >= 15 is 0 Å². The van der Waals surface area contributed by atoms with Crippen LogP contribution in [0.3, 0.4) is 0 Å². The van der Waals surface area contributed by atoms with E-state index < -0.39 is 20.8 Å². The fourth-order valence-corrected chi connectivity index (χ4v) is 2.56. The number of halogens is 2. The van der Waals surface area contributed by atoms with Crippen LogP contribution in [0.25, 0.3) is 21.5 Å². The second-order valence-electron chi connectivity index (χ2n) is 4.77. The average molecular weight is 383 g/mol. The number of fused-ring (bicyclic) bond motifs is 3. The zero-order valence-corrected chi connectivity index (χ0v) is 15.7. The van der Waals surface area contributed by atoms with E-state index in [0.29, 0.717) is 0 Å². The summed E-state index contributed by atoms with van der Waals surface area (Å²) in [6.45, 7) is 4.41. The molecule has 0 aliphatic carbocycles. The molecule has 0 saturated carbocycles. The van der Waals surface area contributed by atoms with Crippen LogP contribution in [0.15, 0.2) is 42.5 Å². The first-order valence-electron chi connectivity index (χ1n) is 6.80. The topological polar surface area (TPSA) is 0 Å². The van der Waals surface area contributed by atoms with Crippen LogP contribution >= 0.6 is 17.0 Å². The van der Waals surface area contributed by atoms with Gasteiger partial charge in [-0.2, -0.15) is 0 Å². The standard InChI is InChI=1S/C17H17.2ClH.Zr/c1-3-12-5-7-16-14(9-12)11-15-10-13(4-2)6-8-17(15)16;;;/h5-11H,3-4H2,1-2H3;2*1H;/q-1;;;+2/p-2. The van der Waals surface area contributed by atoms with E-state index in [0.717, 1.165) is 12.8 Å². The Kier molecular flexibility index (Phi) is 6.21. The molecule has 0 nitrogen and oxygen atoms in total. The summed E-state index contributed by atoms with van der Waals surface area (Å²) in [7, 11) is 9.87. The Morgan fingerprint density at radius 3 is 1.60 bits per heavy atom. The zero-order chi connectivity index (χ0) is 14.5. The molecule has 0 radical (unpaired) electrons. The molecule has 0 aliphatic rings. The Morgan fingerprint density at radius 1 is 0.850 bits per heavy atom. The van der Waals surface area contributed by atoms with Gasteiger partial charge in [0.2, 0.25) is 0 Å². The van der Waals surface area contributed by atoms with Crippen LogP contribution in [0.1, 0.15) is 25.0 Å². The van der Waals surface area contributed by atoms with Crippen molar-refractivity contribution >= 4 is 38.6 Å². The maximum absolute atomic E-state index is 4.93. The summed E-state index contributed by atoms with van der Waals surface area (Å²) in [5.41, 5.74) is 2.84. The summed E-state index contributed by atoms with van der Waals surface area (Å²) in [4.78, 5) is 0. The minimum absolute atomic E-state index is 0.826. The van der Waals surface area contributed by atoms with Crippen molar-refractivity contribution in [2.75, 3.05) is 0 Å². The van der Waals surface area contributed by atoms with Gasteiger partial charge in [-0.25, -0.2) is 0 Å². The van der Waals surface area contributed by atoms with Crippen LogP contribution in [-0.2, 0) is 33.7 Å². The van der Waals surface area contributed by atoms with Gasteiger partial charge >= 0.3 is 37.9 Å². The zero-order valence-electron chi connectivity index (χ0n) is 11.7. The van der Waals surface area contributed by atoms with E-state index in [1.807, 2.05) is 0 Å². The summed E-state index contributed by atoms with van der Waals surface area (Å²) in [5.74, 6) is 0. The van der Waals surface area contributed by atoms with Crippen LogP contribution in [0.2, 0.25) is 0 Å². The molecule has 0 N–H and O–H groups in total. The Bertz CT molecular complexity index is 642. The van der Waals surface area contributed by atoms with Crippen molar-refractivity contribution in [3.05, 3.63) is 53.6 Å². The Hall–Kier alpha value is -0.227. The van der Waals surface area contributed by atoms with Crippen molar-refractivity contribution in [1.29, 1.82) is 0 Å². The molecule has 0 amide bonds. The van der Waals surface area contributed by atoms with Gasteiger partial charge in [0, 0.05) is 0 Å². The predicted octanol–water partition coefficient (Wildman–Crippen LogP) is 6.21. The van der Waals surface area contributed by atoms with Gasteiger partial charge < -0.3 is 0 Å². The molecule has 0 fully saturated rings. The number of rotatable bonds is 2. The molecule has 0 aromatic heterocycles. The van der Waals surface area contributed by atoms with Crippen LogP contribution in [0, 0.1) is 0 Å². The third-order valence-corrected chi connectivity index (χ3v) is 3.65. The molecule has 3 aromatic carbocycles. The third-order valence-electron chi connectivity index (χ3n) is 3.65. The Morgan fingerprint density at radius 2 is 1.25 bits per heavy atom. The first-order chi connectivity index (χ1) is 9.73. The fraction of sp³-hybridized carbons (Fsp3) is 0.235. The molecular formula is C17H17Cl2Zr-. The van der Waals surface area contributed by atoms with Gasteiger partial charge in [-0.15, -0.1) is 39.7 Å². The van der Waals surface area contributed by atoms with Crippen LogP contribution in [0.5, 0.6) is 0 Å². The molecule has 0 spiro atoms. The van der Waals surface area contributed by atoms with Crippen molar-refractivity contribution in [2.24, 2.45) is 0 Å². The van der Waals surface area contributed by atoms with E-state index in [2.05, 4.69) is 56.3 Å². The molecule has 3 heteroatoms. The average Bonchev–Trinajstić information content (AvgIpc) is 2.84. The summed E-state index contributed by atoms with van der Waals surface area (Å²) >= 11 is -0.826. The van der Waals surface area contributed by atoms with Crippen molar-refractivity contribution in [2.45, 2.75) is 26.7 Å². The van der Waals surface area contributed by atoms with Gasteiger partial charge in [-0.1, -0.05) is 49.2 Å². The second-order valence-corrected chi connectivity index (χ2v) is 8.50. The molecule has 0 heterocycles. The van der Waals surface area contributed by atoms with E-state index in [1.54, 1.807) is 0 Å². The van der Waals surface area contributed by atoms with E-state index in [9.17, 15) is 0 Å². The SMILES string of the molecule is CCc1ccc2c(c1)[cH-]c1cc(CC)ccc12.[Cl][Zr][Cl]. The number of aryl methyl sites for hydroxylation is 2. The molecular weight excluding hydrogens is 366 g/mol. The molecule has 0 bridgehead atoms. The quantitative estimate of drug-likeness (QED) is 0.461. The van der Waals surface area contributed by atoms with Crippen molar-refractivity contribution in [3.63, 3.8) is 0 Å². The van der Waals surface area contributed by atoms with Gasteiger partial charge in [0.25, 0.3) is 0 Å². The summed E-state index contributed by atoms with van der Waals surface area (Å²) in [6, 6.07) is 16.0. The van der Waals surface area contributed by atoms with E-state index in [1.165, 1.54) is 32.7 Å². The Labute approximate surface area is 139 Å². The summed E-state index contributed by atoms with van der Waals surface area (Å²) in [5, 5.41) is 5.54. The van der Waals surface area contributed by atoms with Crippen molar-refractivity contribution < 1.29 is 20.8 Å². The molecule has 20 heavy (non-hydrogen) atoms. The number of hydrogen-bond donors (Lipinski definition) is 0. The van der Waals surface area contributed by atoms with Gasteiger partial charge in [-0.05, 0) is 12.8 Å². The van der Waals surface area contributed by atoms with Crippen molar-refractivity contribution in [1.82, 2.24) is 0 Å². The third kappa shape index (κ3) is 3.50. The summed E-state index contributed by atoms with van der Waals surface area (Å²) in [6.07, 6.45) is 2.22. The van der Waals surface area contributed by atoms with E-state index in [-0.39, 0.29) is 0 Å². The van der Waals surface area contributed by atoms with Crippen molar-refractivity contribution in [3.8, 4) is 0 Å². The summed E-state index contributed by atoms with van der Waals surface area (Å²) < 4.78 is 0. The van der Waals surface area contributed by atoms with Crippen LogP contribution in [0.4, 0.5) is 0 Å². The first-order valence-corrected chi connectivity index (χ1v) is 13.1. The fourth-order valence-electron chi connectivity index (χ4n) is 2.56. The normalized spacial score (nSPS) is 10.4. The second kappa shape index (κ2) is 7.69. The molecule has 0 aliphatic heterocycles. The van der Waals surface area contributed by atoms with Gasteiger partial charge in [0.05, 0.1) is 0 Å². The molecule has 0 unspecified atom stereocenters. The van der Waals surface area contributed by atoms with Crippen LogP contribution in [-0.4, -0.2) is 0 Å². The molecule has 104 valence electrons. The molecule has 0 saturated heterocycles. The minimum atomic E-state index is -0.826. The predicted molar refractivity (Wildman–Crippen MR) is 87.5 cm³/mol. The van der Waals surface area contributed by atoms with Gasteiger partial charge in [-0.3, -0.25) is 0 Å². The molecule has 0 atom stereocenters. The van der Waals surface area contributed by atoms with E-state index in [4.69, 9.17) is 17.0 Å². The Balaban J connectivity index is 0.000000452. The van der Waals surface area contributed by atoms with Gasteiger partial charge in [0.1, 0.15) is 0 Å². The molecule has 3 aromatic rings. The van der Waals surface area contributed by atoms with Crippen LogP contribution < -0.4 is 0 Å². The van der Waals surface area contributed by atoms with Gasteiger partial charge in [0.15, 0.2) is 0 Å². The molecule has 3 rings (SSSR count). The maximum atomic E-state index is 4.93. The monoisotopic (exact) mass is 381 g/mol.